The van der Waals surface area contributed by atoms with Crippen LogP contribution in [0.15, 0.2) is 48.5 Å². The van der Waals surface area contributed by atoms with Gasteiger partial charge >= 0.3 is 5.97 Å². The molecule has 0 unspecified atom stereocenters. The first-order valence-electron chi connectivity index (χ1n) is 10.7. The second-order valence-corrected chi connectivity index (χ2v) is 9.22. The van der Waals surface area contributed by atoms with E-state index in [9.17, 15) is 19.2 Å². The summed E-state index contributed by atoms with van der Waals surface area (Å²) in [5.41, 5.74) is 0.803. The van der Waals surface area contributed by atoms with E-state index in [2.05, 4.69) is 5.32 Å². The van der Waals surface area contributed by atoms with Crippen LogP contribution in [0.3, 0.4) is 0 Å². The highest BCUT2D eigenvalue weighted by molar-refractivity contribution is 6.31. The Kier molecular flexibility index (Phi) is 7.09. The van der Waals surface area contributed by atoms with Gasteiger partial charge in [-0.2, -0.15) is 0 Å². The molecule has 4 atom stereocenters. The van der Waals surface area contributed by atoms with E-state index in [1.807, 2.05) is 0 Å². The fraction of sp³-hybridized carbons (Fsp3) is 0.333. The molecule has 3 amide bonds. The van der Waals surface area contributed by atoms with Crippen LogP contribution < -0.4 is 15.0 Å². The average Bonchev–Trinajstić information content (AvgIpc) is 3.07. The maximum atomic E-state index is 12.9. The van der Waals surface area contributed by atoms with E-state index in [-0.39, 0.29) is 33.8 Å². The number of fused-ring (bicyclic) bond motifs is 1. The highest BCUT2D eigenvalue weighted by Gasteiger charge is 2.52. The zero-order chi connectivity index (χ0) is 24.4. The molecule has 2 fully saturated rings. The number of ether oxygens (including phenoxy) is 2. The summed E-state index contributed by atoms with van der Waals surface area (Å²) in [6.45, 7) is -0.527. The van der Waals surface area contributed by atoms with Crippen LogP contribution >= 0.6 is 23.2 Å². The number of esters is 1. The number of halogens is 2. The van der Waals surface area contributed by atoms with Crippen LogP contribution in [-0.4, -0.2) is 48.2 Å². The Balaban J connectivity index is 1.42. The molecular formula is C24H22Cl2N2O6. The van der Waals surface area contributed by atoms with Crippen molar-refractivity contribution in [3.05, 3.63) is 54.1 Å². The lowest BCUT2D eigenvalue weighted by Gasteiger charge is -2.28. The number of alkyl halides is 2. The highest BCUT2D eigenvalue weighted by Crippen LogP contribution is 2.43. The Bertz CT molecular complexity index is 1110. The van der Waals surface area contributed by atoms with Crippen molar-refractivity contribution in [3.63, 3.8) is 0 Å². The molecule has 34 heavy (non-hydrogen) atoms. The van der Waals surface area contributed by atoms with Gasteiger partial charge in [0.2, 0.25) is 11.8 Å². The highest BCUT2D eigenvalue weighted by atomic mass is 35.5. The van der Waals surface area contributed by atoms with Gasteiger partial charge in [0, 0.05) is 0 Å². The van der Waals surface area contributed by atoms with Gasteiger partial charge in [0.05, 0.1) is 46.6 Å². The molecule has 178 valence electrons. The summed E-state index contributed by atoms with van der Waals surface area (Å²) in [7, 11) is 1.48. The zero-order valence-electron chi connectivity index (χ0n) is 18.2. The number of para-hydroxylation sites is 2. The maximum Gasteiger partial charge on any atom is 0.338 e. The van der Waals surface area contributed by atoms with Gasteiger partial charge in [0.15, 0.2) is 6.61 Å². The van der Waals surface area contributed by atoms with Crippen LogP contribution in [0.5, 0.6) is 5.75 Å². The van der Waals surface area contributed by atoms with E-state index in [0.717, 1.165) is 4.90 Å². The topological polar surface area (TPSA) is 102 Å². The van der Waals surface area contributed by atoms with Crippen molar-refractivity contribution in [3.8, 4) is 5.75 Å². The molecule has 0 aromatic heterocycles. The number of methoxy groups -OCH3 is 1. The molecule has 1 aliphatic carbocycles. The minimum Gasteiger partial charge on any atom is -0.495 e. The molecule has 0 radical (unpaired) electrons. The third-order valence-corrected chi connectivity index (χ3v) is 7.06. The lowest BCUT2D eigenvalue weighted by Crippen LogP contribution is -2.34. The summed E-state index contributed by atoms with van der Waals surface area (Å²) in [5.74, 6) is -2.61. The van der Waals surface area contributed by atoms with E-state index < -0.39 is 30.3 Å². The van der Waals surface area contributed by atoms with Crippen molar-refractivity contribution in [2.24, 2.45) is 11.8 Å². The van der Waals surface area contributed by atoms with Crippen LogP contribution in [0.1, 0.15) is 23.2 Å². The van der Waals surface area contributed by atoms with Crippen molar-refractivity contribution >= 4 is 58.3 Å². The smallest absolute Gasteiger partial charge is 0.338 e. The molecule has 2 aromatic carbocycles. The Morgan fingerprint density at radius 1 is 1.00 bits per heavy atom. The molecule has 2 aromatic rings. The van der Waals surface area contributed by atoms with Gasteiger partial charge in [-0.1, -0.05) is 18.2 Å². The SMILES string of the molecule is COc1ccccc1NC(=O)COC(=O)c1cccc(N2C(=O)[C@@H]3C[C@@H](Cl)[C@@H](Cl)C[C@H]3C2=O)c1. The van der Waals surface area contributed by atoms with Crippen molar-refractivity contribution in [1.82, 2.24) is 0 Å². The van der Waals surface area contributed by atoms with Crippen LogP contribution in [-0.2, 0) is 19.1 Å². The fourth-order valence-corrected chi connectivity index (χ4v) is 4.86. The van der Waals surface area contributed by atoms with E-state index in [4.69, 9.17) is 32.7 Å². The van der Waals surface area contributed by atoms with E-state index in [1.54, 1.807) is 30.3 Å². The summed E-state index contributed by atoms with van der Waals surface area (Å²) in [6, 6.07) is 12.8. The molecular weight excluding hydrogens is 483 g/mol. The Morgan fingerprint density at radius 2 is 1.65 bits per heavy atom. The van der Waals surface area contributed by atoms with Crippen LogP contribution in [0, 0.1) is 11.8 Å². The van der Waals surface area contributed by atoms with Gasteiger partial charge in [0.25, 0.3) is 5.91 Å². The molecule has 1 heterocycles. The molecule has 1 saturated heterocycles. The predicted molar refractivity (Wildman–Crippen MR) is 126 cm³/mol. The number of nitrogens with zero attached hydrogens (tertiary/aromatic N) is 1. The number of hydrogen-bond donors (Lipinski definition) is 1. The number of carbonyl (C=O) groups excluding carboxylic acids is 4. The van der Waals surface area contributed by atoms with Gasteiger partial charge in [-0.05, 0) is 43.2 Å². The van der Waals surface area contributed by atoms with Gasteiger partial charge in [-0.3, -0.25) is 19.3 Å². The molecule has 4 rings (SSSR count). The van der Waals surface area contributed by atoms with Gasteiger partial charge in [-0.25, -0.2) is 4.79 Å². The summed E-state index contributed by atoms with van der Waals surface area (Å²) in [6.07, 6.45) is 0.648. The van der Waals surface area contributed by atoms with Crippen molar-refractivity contribution in [2.75, 3.05) is 23.9 Å². The molecule has 2 aliphatic rings. The monoisotopic (exact) mass is 504 g/mol. The molecule has 0 bridgehead atoms. The second kappa shape index (κ2) is 10.0. The van der Waals surface area contributed by atoms with Crippen molar-refractivity contribution < 1.29 is 28.7 Å². The zero-order valence-corrected chi connectivity index (χ0v) is 19.7. The number of imide groups is 1. The summed E-state index contributed by atoms with van der Waals surface area (Å²) < 4.78 is 10.3. The Hall–Kier alpha value is -3.10. The average molecular weight is 505 g/mol. The molecule has 1 saturated carbocycles. The second-order valence-electron chi connectivity index (χ2n) is 8.10. The molecule has 0 spiro atoms. The van der Waals surface area contributed by atoms with Crippen molar-refractivity contribution in [1.29, 1.82) is 0 Å². The fourth-order valence-electron chi connectivity index (χ4n) is 4.27. The van der Waals surface area contributed by atoms with Crippen LogP contribution in [0.4, 0.5) is 11.4 Å². The van der Waals surface area contributed by atoms with Crippen LogP contribution in [0.2, 0.25) is 0 Å². The summed E-state index contributed by atoms with van der Waals surface area (Å²) in [4.78, 5) is 51.7. The van der Waals surface area contributed by atoms with Crippen molar-refractivity contribution in [2.45, 2.75) is 23.6 Å². The van der Waals surface area contributed by atoms with Crippen LogP contribution in [0.25, 0.3) is 0 Å². The number of benzene rings is 2. The number of nitrogens with one attached hydrogen (secondary N) is 1. The molecule has 1 N–H and O–H groups in total. The third kappa shape index (κ3) is 4.74. The standard InChI is InChI=1S/C24H22Cl2N2O6/c1-33-20-8-3-2-7-19(20)27-21(29)12-34-24(32)13-5-4-6-14(9-13)28-22(30)15-10-17(25)18(26)11-16(15)23(28)31/h2-9,15-18H,10-12H2,1H3,(H,27,29)/t15-,16-,17-,18+/m1/s1. The Labute approximate surface area is 206 Å². The summed E-state index contributed by atoms with van der Waals surface area (Å²) in [5, 5.41) is 1.84. The summed E-state index contributed by atoms with van der Waals surface area (Å²) >= 11 is 12.4. The first kappa shape index (κ1) is 24.0. The number of carbonyl (C=O) groups is 4. The Morgan fingerprint density at radius 3 is 2.29 bits per heavy atom. The van der Waals surface area contributed by atoms with E-state index >= 15 is 0 Å². The van der Waals surface area contributed by atoms with Gasteiger partial charge in [0.1, 0.15) is 5.75 Å². The molecule has 1 aliphatic heterocycles. The predicted octanol–water partition coefficient (Wildman–Crippen LogP) is 3.60. The number of amides is 3. The number of anilines is 2. The first-order valence-corrected chi connectivity index (χ1v) is 11.5. The maximum absolute atomic E-state index is 12.9. The van der Waals surface area contributed by atoms with Gasteiger partial charge < -0.3 is 14.8 Å². The quantitative estimate of drug-likeness (QED) is 0.366. The third-order valence-electron chi connectivity index (χ3n) is 5.97. The number of hydrogen-bond acceptors (Lipinski definition) is 6. The minimum atomic E-state index is -0.768. The lowest BCUT2D eigenvalue weighted by molar-refractivity contribution is -0.122. The lowest BCUT2D eigenvalue weighted by atomic mass is 9.80. The minimum absolute atomic E-state index is 0.100. The van der Waals surface area contributed by atoms with Gasteiger partial charge in [-0.15, -0.1) is 23.2 Å². The molecule has 8 nitrogen and oxygen atoms in total. The largest absolute Gasteiger partial charge is 0.495 e. The molecule has 10 heteroatoms. The van der Waals surface area contributed by atoms with E-state index in [1.165, 1.54) is 25.3 Å². The first-order chi connectivity index (χ1) is 16.3. The normalized spacial score (nSPS) is 23.9. The van der Waals surface area contributed by atoms with E-state index in [0.29, 0.717) is 24.3 Å². The number of rotatable bonds is 6.